The van der Waals surface area contributed by atoms with E-state index in [4.69, 9.17) is 5.11 Å². The summed E-state index contributed by atoms with van der Waals surface area (Å²) in [6.07, 6.45) is -0.705. The molecule has 1 fully saturated rings. The highest BCUT2D eigenvalue weighted by atomic mass is 32.2. The molecule has 2 atom stereocenters. The van der Waals surface area contributed by atoms with Crippen LogP contribution in [0.5, 0.6) is 0 Å². The van der Waals surface area contributed by atoms with Crippen molar-refractivity contribution in [2.75, 3.05) is 6.54 Å². The Bertz CT molecular complexity index is 749. The van der Waals surface area contributed by atoms with Crippen molar-refractivity contribution in [2.45, 2.75) is 23.5 Å². The summed E-state index contributed by atoms with van der Waals surface area (Å²) in [5.41, 5.74) is -2.04. The van der Waals surface area contributed by atoms with Crippen molar-refractivity contribution in [3.05, 3.63) is 27.0 Å². The molecule has 1 saturated heterocycles. The van der Waals surface area contributed by atoms with Crippen LogP contribution in [0.1, 0.15) is 6.42 Å². The maximum atomic E-state index is 12.2. The average Bonchev–Trinajstić information content (AvgIpc) is 2.71. The molecule has 4 N–H and O–H groups in total. The summed E-state index contributed by atoms with van der Waals surface area (Å²) in [6.45, 7) is -0.433. The standard InChI is InChI=1S/C9H11N3O7S/c13-4-1-5(8(15)16)12(3-4)20(18,19)6-2-10-9(17)11-7(6)14/h2,4-5,13H,1,3H2,(H,15,16)(H2,10,11,14,17)/t4-,5+/m1/s1. The smallest absolute Gasteiger partial charge is 0.325 e. The zero-order valence-electron chi connectivity index (χ0n) is 9.94. The van der Waals surface area contributed by atoms with Gasteiger partial charge in [-0.25, -0.2) is 13.2 Å². The molecule has 2 rings (SSSR count). The van der Waals surface area contributed by atoms with Crippen LogP contribution in [-0.4, -0.2) is 57.6 Å². The van der Waals surface area contributed by atoms with E-state index in [1.54, 1.807) is 4.98 Å². The van der Waals surface area contributed by atoms with E-state index in [0.717, 1.165) is 0 Å². The zero-order chi connectivity index (χ0) is 15.1. The van der Waals surface area contributed by atoms with Crippen molar-refractivity contribution in [1.82, 2.24) is 14.3 Å². The Kier molecular flexibility index (Phi) is 3.50. The Morgan fingerprint density at radius 2 is 2.05 bits per heavy atom. The minimum Gasteiger partial charge on any atom is -0.480 e. The van der Waals surface area contributed by atoms with Gasteiger partial charge in [0.1, 0.15) is 6.04 Å². The van der Waals surface area contributed by atoms with Crippen LogP contribution in [0, 0.1) is 0 Å². The van der Waals surface area contributed by atoms with E-state index in [2.05, 4.69) is 0 Å². The number of hydrogen-bond donors (Lipinski definition) is 4. The Hall–Kier alpha value is -1.98. The first-order chi connectivity index (χ1) is 9.23. The summed E-state index contributed by atoms with van der Waals surface area (Å²) < 4.78 is 25.0. The Balaban J connectivity index is 2.52. The summed E-state index contributed by atoms with van der Waals surface area (Å²) in [6, 6.07) is -1.46. The molecule has 0 radical (unpaired) electrons. The molecule has 0 spiro atoms. The largest absolute Gasteiger partial charge is 0.480 e. The van der Waals surface area contributed by atoms with Crippen LogP contribution >= 0.6 is 0 Å². The molecule has 0 saturated carbocycles. The monoisotopic (exact) mass is 305 g/mol. The van der Waals surface area contributed by atoms with Gasteiger partial charge in [-0.1, -0.05) is 0 Å². The van der Waals surface area contributed by atoms with Gasteiger partial charge in [-0.3, -0.25) is 14.6 Å². The molecule has 1 aliphatic heterocycles. The van der Waals surface area contributed by atoms with Crippen molar-refractivity contribution >= 4 is 16.0 Å². The third-order valence-electron chi connectivity index (χ3n) is 2.89. The fourth-order valence-electron chi connectivity index (χ4n) is 1.99. The van der Waals surface area contributed by atoms with Gasteiger partial charge >= 0.3 is 11.7 Å². The number of H-pyrrole nitrogens is 2. The lowest BCUT2D eigenvalue weighted by atomic mass is 10.2. The zero-order valence-corrected chi connectivity index (χ0v) is 10.8. The Morgan fingerprint density at radius 3 is 2.60 bits per heavy atom. The molecule has 110 valence electrons. The van der Waals surface area contributed by atoms with Crippen LogP contribution in [0.2, 0.25) is 0 Å². The van der Waals surface area contributed by atoms with Crippen LogP contribution in [0.25, 0.3) is 0 Å². The van der Waals surface area contributed by atoms with Crippen molar-refractivity contribution in [3.8, 4) is 0 Å². The molecular formula is C9H11N3O7S. The highest BCUT2D eigenvalue weighted by Crippen LogP contribution is 2.24. The second-order valence-corrected chi connectivity index (χ2v) is 6.11. The van der Waals surface area contributed by atoms with Crippen molar-refractivity contribution in [3.63, 3.8) is 0 Å². The second kappa shape index (κ2) is 4.85. The molecule has 10 nitrogen and oxygen atoms in total. The summed E-state index contributed by atoms with van der Waals surface area (Å²) >= 11 is 0. The number of rotatable bonds is 3. The topological polar surface area (TPSA) is 161 Å². The maximum Gasteiger partial charge on any atom is 0.325 e. The van der Waals surface area contributed by atoms with E-state index in [9.17, 15) is 27.9 Å². The number of aliphatic carboxylic acids is 1. The maximum absolute atomic E-state index is 12.2. The third kappa shape index (κ3) is 2.37. The van der Waals surface area contributed by atoms with Crippen molar-refractivity contribution < 1.29 is 23.4 Å². The second-order valence-electron chi connectivity index (χ2n) is 4.25. The third-order valence-corrected chi connectivity index (χ3v) is 4.77. The number of nitrogens with zero attached hydrogens (tertiary/aromatic N) is 1. The number of aliphatic hydroxyl groups is 1. The number of sulfonamides is 1. The van der Waals surface area contributed by atoms with Crippen LogP contribution in [0.15, 0.2) is 20.7 Å². The van der Waals surface area contributed by atoms with E-state index >= 15 is 0 Å². The number of hydrogen-bond acceptors (Lipinski definition) is 6. The lowest BCUT2D eigenvalue weighted by Crippen LogP contribution is -2.43. The average molecular weight is 305 g/mol. The number of carboxylic acids is 1. The molecule has 0 aliphatic carbocycles. The van der Waals surface area contributed by atoms with Crippen LogP contribution in [-0.2, 0) is 14.8 Å². The van der Waals surface area contributed by atoms with Gasteiger partial charge < -0.3 is 15.2 Å². The minimum atomic E-state index is -4.43. The fourth-order valence-corrected chi connectivity index (χ4v) is 3.62. The van der Waals surface area contributed by atoms with Crippen LogP contribution in [0.4, 0.5) is 0 Å². The molecular weight excluding hydrogens is 294 g/mol. The molecule has 2 heterocycles. The number of carbonyl (C=O) groups is 1. The van der Waals surface area contributed by atoms with E-state index in [-0.39, 0.29) is 6.42 Å². The summed E-state index contributed by atoms with van der Waals surface area (Å²) in [5.74, 6) is -1.43. The van der Waals surface area contributed by atoms with Crippen molar-refractivity contribution in [1.29, 1.82) is 0 Å². The Morgan fingerprint density at radius 1 is 1.40 bits per heavy atom. The first-order valence-corrected chi connectivity index (χ1v) is 6.92. The number of nitrogens with one attached hydrogen (secondary N) is 2. The van der Waals surface area contributed by atoms with Gasteiger partial charge in [-0.05, 0) is 0 Å². The van der Waals surface area contributed by atoms with Gasteiger partial charge in [-0.15, -0.1) is 0 Å². The van der Waals surface area contributed by atoms with E-state index in [1.807, 2.05) is 4.98 Å². The van der Waals surface area contributed by atoms with Gasteiger partial charge in [-0.2, -0.15) is 4.31 Å². The molecule has 20 heavy (non-hydrogen) atoms. The SMILES string of the molecule is O=C(O)[C@@H]1C[C@@H](O)CN1S(=O)(=O)c1c[nH]c(=O)[nH]c1=O. The van der Waals surface area contributed by atoms with Crippen LogP contribution < -0.4 is 11.2 Å². The highest BCUT2D eigenvalue weighted by Gasteiger charge is 2.44. The minimum absolute atomic E-state index is 0.268. The summed E-state index contributed by atoms with van der Waals surface area (Å²) in [5, 5.41) is 18.4. The number of aromatic amines is 2. The summed E-state index contributed by atoms with van der Waals surface area (Å²) in [4.78, 5) is 36.3. The number of β-amino-alcohol motifs (C(OH)–C–C–N with tert-alkyl or cyclic N) is 1. The van der Waals surface area contributed by atoms with E-state index in [0.29, 0.717) is 10.5 Å². The van der Waals surface area contributed by atoms with Gasteiger partial charge in [0.05, 0.1) is 6.10 Å². The number of aromatic nitrogens is 2. The molecule has 0 aromatic carbocycles. The van der Waals surface area contributed by atoms with Gasteiger partial charge in [0, 0.05) is 19.2 Å². The van der Waals surface area contributed by atoms with E-state index < -0.39 is 50.8 Å². The number of aliphatic hydroxyl groups excluding tert-OH is 1. The molecule has 0 bridgehead atoms. The lowest BCUT2D eigenvalue weighted by Gasteiger charge is -2.19. The van der Waals surface area contributed by atoms with Crippen LogP contribution in [0.3, 0.4) is 0 Å². The molecule has 11 heteroatoms. The quantitative estimate of drug-likeness (QED) is 0.471. The first kappa shape index (κ1) is 14.4. The van der Waals surface area contributed by atoms with Gasteiger partial charge in [0.15, 0.2) is 4.90 Å². The van der Waals surface area contributed by atoms with Gasteiger partial charge in [0.25, 0.3) is 15.6 Å². The molecule has 0 unspecified atom stereocenters. The van der Waals surface area contributed by atoms with Crippen molar-refractivity contribution in [2.24, 2.45) is 0 Å². The fraction of sp³-hybridized carbons (Fsp3) is 0.444. The molecule has 1 aromatic rings. The normalized spacial score (nSPS) is 23.9. The first-order valence-electron chi connectivity index (χ1n) is 5.48. The predicted molar refractivity (Wildman–Crippen MR) is 63.6 cm³/mol. The molecule has 0 amide bonds. The Labute approximate surface area is 111 Å². The predicted octanol–water partition coefficient (Wildman–Crippen LogP) is -2.73. The van der Waals surface area contributed by atoms with E-state index in [1.165, 1.54) is 0 Å². The number of carboxylic acid groups (broad SMARTS) is 1. The molecule has 1 aliphatic rings. The summed E-state index contributed by atoms with van der Waals surface area (Å²) in [7, 11) is -4.43. The highest BCUT2D eigenvalue weighted by molar-refractivity contribution is 7.89. The molecule has 1 aromatic heterocycles. The lowest BCUT2D eigenvalue weighted by molar-refractivity contribution is -0.140. The van der Waals surface area contributed by atoms with Gasteiger partial charge in [0.2, 0.25) is 0 Å².